The maximum atomic E-state index is 13.2. The molecule has 0 aromatic heterocycles. The van der Waals surface area contributed by atoms with Crippen LogP contribution in [0.15, 0.2) is 54.6 Å². The van der Waals surface area contributed by atoms with Crippen LogP contribution in [0.1, 0.15) is 24.5 Å². The molecule has 3 rings (SSSR count). The van der Waals surface area contributed by atoms with Crippen LogP contribution in [0.4, 0.5) is 5.69 Å². The van der Waals surface area contributed by atoms with E-state index in [1.54, 1.807) is 12.0 Å². The van der Waals surface area contributed by atoms with E-state index in [4.69, 9.17) is 4.74 Å². The maximum absolute atomic E-state index is 13.2. The zero-order valence-corrected chi connectivity index (χ0v) is 16.6. The summed E-state index contributed by atoms with van der Waals surface area (Å²) in [4.78, 5) is 29.5. The molecule has 1 atom stereocenters. The zero-order valence-electron chi connectivity index (χ0n) is 16.6. The van der Waals surface area contributed by atoms with Crippen LogP contribution in [0.5, 0.6) is 0 Å². The summed E-state index contributed by atoms with van der Waals surface area (Å²) in [7, 11) is 1.63. The third-order valence-corrected chi connectivity index (χ3v) is 5.23. The van der Waals surface area contributed by atoms with Crippen LogP contribution in [0, 0.1) is 5.92 Å². The molecule has 1 fully saturated rings. The van der Waals surface area contributed by atoms with E-state index in [1.165, 1.54) is 0 Å². The van der Waals surface area contributed by atoms with Crippen LogP contribution in [-0.4, -0.2) is 43.5 Å². The minimum absolute atomic E-state index is 0.0191. The fourth-order valence-corrected chi connectivity index (χ4v) is 3.71. The molecule has 0 radical (unpaired) electrons. The van der Waals surface area contributed by atoms with Crippen molar-refractivity contribution in [3.8, 4) is 0 Å². The van der Waals surface area contributed by atoms with Crippen molar-refractivity contribution in [2.24, 2.45) is 5.92 Å². The second-order valence-corrected chi connectivity index (χ2v) is 7.13. The normalized spacial score (nSPS) is 16.4. The molecule has 0 unspecified atom stereocenters. The molecule has 0 spiro atoms. The van der Waals surface area contributed by atoms with Gasteiger partial charge in [-0.3, -0.25) is 9.59 Å². The predicted octanol–water partition coefficient (Wildman–Crippen LogP) is 3.28. The first-order valence-electron chi connectivity index (χ1n) is 9.84. The molecule has 2 aromatic carbocycles. The van der Waals surface area contributed by atoms with Gasteiger partial charge in [-0.05, 0) is 23.6 Å². The first-order chi connectivity index (χ1) is 13.6. The zero-order chi connectivity index (χ0) is 19.9. The second kappa shape index (κ2) is 9.51. The molecule has 0 saturated carbocycles. The monoisotopic (exact) mass is 380 g/mol. The molecule has 1 aliphatic heterocycles. The van der Waals surface area contributed by atoms with Gasteiger partial charge in [0.1, 0.15) is 0 Å². The number of methoxy groups -OCH3 is 1. The van der Waals surface area contributed by atoms with E-state index in [-0.39, 0.29) is 24.2 Å². The number of anilines is 1. The van der Waals surface area contributed by atoms with Gasteiger partial charge in [0.2, 0.25) is 11.8 Å². The average molecular weight is 380 g/mol. The Morgan fingerprint density at radius 3 is 2.57 bits per heavy atom. The number of nitrogens with zero attached hydrogens (tertiary/aromatic N) is 2. The van der Waals surface area contributed by atoms with E-state index >= 15 is 0 Å². The number of aryl methyl sites for hydroxylation is 1. The third kappa shape index (κ3) is 4.60. The largest absolute Gasteiger partial charge is 0.383 e. The molecule has 2 amide bonds. The summed E-state index contributed by atoms with van der Waals surface area (Å²) in [6, 6.07) is 17.9. The fourth-order valence-electron chi connectivity index (χ4n) is 3.71. The molecule has 0 N–H and O–H groups in total. The maximum Gasteiger partial charge on any atom is 0.228 e. The molecule has 0 aliphatic carbocycles. The van der Waals surface area contributed by atoms with Crippen LogP contribution in [0.2, 0.25) is 0 Å². The van der Waals surface area contributed by atoms with Crippen molar-refractivity contribution in [2.75, 3.05) is 31.7 Å². The van der Waals surface area contributed by atoms with Crippen LogP contribution in [-0.2, 0) is 27.3 Å². The van der Waals surface area contributed by atoms with Crippen molar-refractivity contribution < 1.29 is 14.3 Å². The van der Waals surface area contributed by atoms with E-state index in [1.807, 2.05) is 59.5 Å². The van der Waals surface area contributed by atoms with E-state index in [9.17, 15) is 9.59 Å². The van der Waals surface area contributed by atoms with E-state index in [0.29, 0.717) is 26.2 Å². The van der Waals surface area contributed by atoms with Gasteiger partial charge in [-0.15, -0.1) is 0 Å². The molecular weight excluding hydrogens is 352 g/mol. The molecule has 148 valence electrons. The quantitative estimate of drug-likeness (QED) is 0.706. The SMILES string of the molecule is CCc1ccccc1N1C[C@H](C(=O)N(CCOC)Cc2ccccc2)CC1=O. The Morgan fingerprint density at radius 2 is 1.86 bits per heavy atom. The van der Waals surface area contributed by atoms with Crippen molar-refractivity contribution in [3.63, 3.8) is 0 Å². The Balaban J connectivity index is 1.75. The Morgan fingerprint density at radius 1 is 1.14 bits per heavy atom. The average Bonchev–Trinajstić information content (AvgIpc) is 3.12. The lowest BCUT2D eigenvalue weighted by Gasteiger charge is -2.26. The highest BCUT2D eigenvalue weighted by molar-refractivity contribution is 6.00. The number of benzene rings is 2. The highest BCUT2D eigenvalue weighted by Crippen LogP contribution is 2.29. The summed E-state index contributed by atoms with van der Waals surface area (Å²) in [6.07, 6.45) is 1.11. The summed E-state index contributed by atoms with van der Waals surface area (Å²) < 4.78 is 5.19. The lowest BCUT2D eigenvalue weighted by molar-refractivity contribution is -0.137. The Kier molecular flexibility index (Phi) is 6.82. The van der Waals surface area contributed by atoms with Crippen LogP contribution >= 0.6 is 0 Å². The summed E-state index contributed by atoms with van der Waals surface area (Å²) in [6.45, 7) is 4.03. The molecule has 1 saturated heterocycles. The van der Waals surface area contributed by atoms with Crippen LogP contribution in [0.25, 0.3) is 0 Å². The van der Waals surface area contributed by atoms with Crippen molar-refractivity contribution in [2.45, 2.75) is 26.3 Å². The van der Waals surface area contributed by atoms with Crippen molar-refractivity contribution >= 4 is 17.5 Å². The van der Waals surface area contributed by atoms with Gasteiger partial charge in [0.25, 0.3) is 0 Å². The Hall–Kier alpha value is -2.66. The predicted molar refractivity (Wildman–Crippen MR) is 110 cm³/mol. The minimum Gasteiger partial charge on any atom is -0.383 e. The van der Waals surface area contributed by atoms with Gasteiger partial charge in [-0.1, -0.05) is 55.5 Å². The standard InChI is InChI=1S/C23H28N2O3/c1-3-19-11-7-8-12-21(19)25-17-20(15-22(25)26)23(27)24(13-14-28-2)16-18-9-5-4-6-10-18/h4-12,20H,3,13-17H2,1-2H3/t20-/m1/s1. The second-order valence-electron chi connectivity index (χ2n) is 7.13. The lowest BCUT2D eigenvalue weighted by Crippen LogP contribution is -2.39. The lowest BCUT2D eigenvalue weighted by atomic mass is 10.1. The van der Waals surface area contributed by atoms with E-state index in [2.05, 4.69) is 6.92 Å². The van der Waals surface area contributed by atoms with Gasteiger partial charge in [-0.25, -0.2) is 0 Å². The topological polar surface area (TPSA) is 49.9 Å². The number of carbonyl (C=O) groups is 2. The number of hydrogen-bond donors (Lipinski definition) is 0. The van der Waals surface area contributed by atoms with Gasteiger partial charge in [0, 0.05) is 38.9 Å². The van der Waals surface area contributed by atoms with Crippen molar-refractivity contribution in [3.05, 3.63) is 65.7 Å². The van der Waals surface area contributed by atoms with Gasteiger partial charge in [0.15, 0.2) is 0 Å². The number of rotatable bonds is 8. The summed E-state index contributed by atoms with van der Waals surface area (Å²) >= 11 is 0. The van der Waals surface area contributed by atoms with Crippen molar-refractivity contribution in [1.29, 1.82) is 0 Å². The summed E-state index contributed by atoms with van der Waals surface area (Å²) in [5, 5.41) is 0. The molecule has 5 nitrogen and oxygen atoms in total. The third-order valence-electron chi connectivity index (χ3n) is 5.23. The molecule has 2 aromatic rings. The number of carbonyl (C=O) groups excluding carboxylic acids is 2. The summed E-state index contributed by atoms with van der Waals surface area (Å²) in [5.41, 5.74) is 3.13. The number of hydrogen-bond acceptors (Lipinski definition) is 3. The highest BCUT2D eigenvalue weighted by Gasteiger charge is 2.37. The first-order valence-corrected chi connectivity index (χ1v) is 9.84. The fraction of sp³-hybridized carbons (Fsp3) is 0.391. The minimum atomic E-state index is -0.321. The van der Waals surface area contributed by atoms with Crippen LogP contribution in [0.3, 0.4) is 0 Å². The molecule has 5 heteroatoms. The molecular formula is C23H28N2O3. The van der Waals surface area contributed by atoms with Gasteiger partial charge in [0.05, 0.1) is 12.5 Å². The van der Waals surface area contributed by atoms with Crippen LogP contribution < -0.4 is 4.90 Å². The number of para-hydroxylation sites is 1. The molecule has 28 heavy (non-hydrogen) atoms. The highest BCUT2D eigenvalue weighted by atomic mass is 16.5. The number of ether oxygens (including phenoxy) is 1. The molecule has 1 heterocycles. The first kappa shape index (κ1) is 20.1. The van der Waals surface area contributed by atoms with E-state index < -0.39 is 0 Å². The van der Waals surface area contributed by atoms with Crippen molar-refractivity contribution in [1.82, 2.24) is 4.90 Å². The van der Waals surface area contributed by atoms with Gasteiger partial charge < -0.3 is 14.5 Å². The van der Waals surface area contributed by atoms with E-state index in [0.717, 1.165) is 23.2 Å². The van der Waals surface area contributed by atoms with Gasteiger partial charge >= 0.3 is 0 Å². The van der Waals surface area contributed by atoms with Gasteiger partial charge in [-0.2, -0.15) is 0 Å². The Bertz CT molecular complexity index is 807. The smallest absolute Gasteiger partial charge is 0.228 e. The molecule has 0 bridgehead atoms. The summed E-state index contributed by atoms with van der Waals surface area (Å²) in [5.74, 6) is -0.283. The number of amides is 2. The molecule has 1 aliphatic rings. The Labute approximate surface area is 166 Å².